The second-order valence-corrected chi connectivity index (χ2v) is 6.15. The molecule has 1 fully saturated rings. The van der Waals surface area contributed by atoms with Gasteiger partial charge in [0, 0.05) is 30.8 Å². The number of benzene rings is 1. The largest absolute Gasteiger partial charge is 0.368 e. The van der Waals surface area contributed by atoms with Gasteiger partial charge in [-0.1, -0.05) is 30.3 Å². The minimum atomic E-state index is 0.354. The van der Waals surface area contributed by atoms with Crippen LogP contribution in [0.1, 0.15) is 33.1 Å². The lowest BCUT2D eigenvalue weighted by Gasteiger charge is -2.28. The maximum absolute atomic E-state index is 4.81. The summed E-state index contributed by atoms with van der Waals surface area (Å²) in [6.07, 6.45) is 3.82. The van der Waals surface area contributed by atoms with Gasteiger partial charge in [0.2, 0.25) is 0 Å². The van der Waals surface area contributed by atoms with E-state index in [1.165, 1.54) is 19.3 Å². The van der Waals surface area contributed by atoms with Crippen molar-refractivity contribution in [1.29, 1.82) is 0 Å². The van der Waals surface area contributed by atoms with Gasteiger partial charge in [-0.25, -0.2) is 9.97 Å². The van der Waals surface area contributed by atoms with Crippen molar-refractivity contribution in [2.75, 3.05) is 23.3 Å². The quantitative estimate of drug-likeness (QED) is 0.927. The van der Waals surface area contributed by atoms with E-state index < -0.39 is 0 Å². The van der Waals surface area contributed by atoms with Gasteiger partial charge in [0.15, 0.2) is 5.82 Å². The number of aromatic nitrogens is 2. The summed E-state index contributed by atoms with van der Waals surface area (Å²) in [5, 5.41) is 3.42. The molecule has 1 aromatic carbocycles. The molecule has 1 aromatic heterocycles. The second kappa shape index (κ2) is 6.77. The standard InChI is InChI=1S/C18H24N4/c1-14(2)19-16-13-17(22-11-7-4-8-12-22)21-18(20-16)15-9-5-3-6-10-15/h3,5-6,9-10,13-14H,4,7-8,11-12H2,1-2H3,(H,19,20,21). The molecule has 3 rings (SSSR count). The van der Waals surface area contributed by atoms with E-state index in [2.05, 4.69) is 47.2 Å². The summed E-state index contributed by atoms with van der Waals surface area (Å²) in [7, 11) is 0. The van der Waals surface area contributed by atoms with E-state index in [-0.39, 0.29) is 0 Å². The Morgan fingerprint density at radius 3 is 2.41 bits per heavy atom. The summed E-state index contributed by atoms with van der Waals surface area (Å²) >= 11 is 0. The smallest absolute Gasteiger partial charge is 0.163 e. The van der Waals surface area contributed by atoms with Crippen LogP contribution in [-0.4, -0.2) is 29.1 Å². The van der Waals surface area contributed by atoms with Gasteiger partial charge in [-0.05, 0) is 33.1 Å². The van der Waals surface area contributed by atoms with Crippen molar-refractivity contribution in [2.24, 2.45) is 0 Å². The molecule has 1 saturated heterocycles. The lowest BCUT2D eigenvalue weighted by atomic mass is 10.1. The third kappa shape index (κ3) is 3.56. The van der Waals surface area contributed by atoms with Crippen LogP contribution < -0.4 is 10.2 Å². The fourth-order valence-corrected chi connectivity index (χ4v) is 2.81. The van der Waals surface area contributed by atoms with Crippen LogP contribution in [-0.2, 0) is 0 Å². The third-order valence-corrected chi connectivity index (χ3v) is 3.86. The zero-order valence-corrected chi connectivity index (χ0v) is 13.4. The van der Waals surface area contributed by atoms with Crippen LogP contribution in [0.5, 0.6) is 0 Å². The molecule has 0 unspecified atom stereocenters. The Labute approximate surface area is 132 Å². The predicted molar refractivity (Wildman–Crippen MR) is 92.3 cm³/mol. The minimum Gasteiger partial charge on any atom is -0.368 e. The predicted octanol–water partition coefficient (Wildman–Crippen LogP) is 3.95. The normalized spacial score (nSPS) is 15.1. The summed E-state index contributed by atoms with van der Waals surface area (Å²) in [6.45, 7) is 6.44. The number of anilines is 2. The van der Waals surface area contributed by atoms with Crippen LogP contribution >= 0.6 is 0 Å². The first-order valence-corrected chi connectivity index (χ1v) is 8.18. The molecule has 0 saturated carbocycles. The van der Waals surface area contributed by atoms with E-state index in [1.807, 2.05) is 18.2 Å². The Balaban J connectivity index is 1.97. The van der Waals surface area contributed by atoms with Gasteiger partial charge in [0.05, 0.1) is 0 Å². The summed E-state index contributed by atoms with van der Waals surface area (Å²) in [5.74, 6) is 2.74. The van der Waals surface area contributed by atoms with Crippen molar-refractivity contribution >= 4 is 11.6 Å². The molecule has 4 heteroatoms. The Morgan fingerprint density at radius 2 is 1.73 bits per heavy atom. The van der Waals surface area contributed by atoms with E-state index in [4.69, 9.17) is 4.98 Å². The van der Waals surface area contributed by atoms with E-state index in [0.29, 0.717) is 6.04 Å². The molecule has 2 aromatic rings. The molecule has 1 N–H and O–H groups in total. The highest BCUT2D eigenvalue weighted by Gasteiger charge is 2.15. The third-order valence-electron chi connectivity index (χ3n) is 3.86. The first kappa shape index (κ1) is 14.8. The molecule has 1 aliphatic heterocycles. The molecule has 0 aliphatic carbocycles. The fraction of sp³-hybridized carbons (Fsp3) is 0.444. The first-order valence-electron chi connectivity index (χ1n) is 8.18. The maximum atomic E-state index is 4.81. The van der Waals surface area contributed by atoms with Crippen molar-refractivity contribution in [1.82, 2.24) is 9.97 Å². The average Bonchev–Trinajstić information content (AvgIpc) is 2.55. The number of hydrogen-bond donors (Lipinski definition) is 1. The van der Waals surface area contributed by atoms with Crippen molar-refractivity contribution in [3.05, 3.63) is 36.4 Å². The maximum Gasteiger partial charge on any atom is 0.163 e. The Morgan fingerprint density at radius 1 is 1.00 bits per heavy atom. The van der Waals surface area contributed by atoms with E-state index in [1.54, 1.807) is 0 Å². The van der Waals surface area contributed by atoms with Gasteiger partial charge in [0.1, 0.15) is 11.6 Å². The molecule has 22 heavy (non-hydrogen) atoms. The number of nitrogens with one attached hydrogen (secondary N) is 1. The summed E-state index contributed by atoms with van der Waals surface area (Å²) in [5.41, 5.74) is 1.06. The Bertz CT molecular complexity index is 604. The molecule has 1 aliphatic rings. The average molecular weight is 296 g/mol. The molecule has 116 valence electrons. The molecule has 4 nitrogen and oxygen atoms in total. The molecular formula is C18H24N4. The van der Waals surface area contributed by atoms with Crippen LogP contribution in [0.15, 0.2) is 36.4 Å². The molecule has 2 heterocycles. The van der Waals surface area contributed by atoms with Gasteiger partial charge >= 0.3 is 0 Å². The van der Waals surface area contributed by atoms with Gasteiger partial charge in [-0.2, -0.15) is 0 Å². The topological polar surface area (TPSA) is 41.0 Å². The van der Waals surface area contributed by atoms with Crippen molar-refractivity contribution in [3.63, 3.8) is 0 Å². The Hall–Kier alpha value is -2.10. The zero-order chi connectivity index (χ0) is 15.4. The molecule has 0 radical (unpaired) electrons. The highest BCUT2D eigenvalue weighted by molar-refractivity contribution is 5.61. The summed E-state index contributed by atoms with van der Waals surface area (Å²) in [6, 6.07) is 12.6. The Kier molecular flexibility index (Phi) is 4.56. The molecule has 0 bridgehead atoms. The van der Waals surface area contributed by atoms with Crippen LogP contribution in [0.2, 0.25) is 0 Å². The number of nitrogens with zero attached hydrogens (tertiary/aromatic N) is 3. The first-order chi connectivity index (χ1) is 10.7. The molecule has 0 spiro atoms. The number of piperidine rings is 1. The van der Waals surface area contributed by atoms with Crippen molar-refractivity contribution < 1.29 is 0 Å². The highest BCUT2D eigenvalue weighted by atomic mass is 15.2. The van der Waals surface area contributed by atoms with E-state index >= 15 is 0 Å². The molecule has 0 atom stereocenters. The minimum absolute atomic E-state index is 0.354. The van der Waals surface area contributed by atoms with Crippen LogP contribution in [0.3, 0.4) is 0 Å². The van der Waals surface area contributed by atoms with Crippen molar-refractivity contribution in [2.45, 2.75) is 39.2 Å². The lowest BCUT2D eigenvalue weighted by molar-refractivity contribution is 0.573. The van der Waals surface area contributed by atoms with Crippen molar-refractivity contribution in [3.8, 4) is 11.4 Å². The SMILES string of the molecule is CC(C)Nc1cc(N2CCCCC2)nc(-c2ccccc2)n1. The van der Waals surface area contributed by atoms with Gasteiger partial charge in [-0.15, -0.1) is 0 Å². The van der Waals surface area contributed by atoms with Crippen LogP contribution in [0, 0.1) is 0 Å². The monoisotopic (exact) mass is 296 g/mol. The number of hydrogen-bond acceptors (Lipinski definition) is 4. The number of rotatable bonds is 4. The second-order valence-electron chi connectivity index (χ2n) is 6.15. The molecular weight excluding hydrogens is 272 g/mol. The zero-order valence-electron chi connectivity index (χ0n) is 13.4. The van der Waals surface area contributed by atoms with Crippen LogP contribution in [0.4, 0.5) is 11.6 Å². The molecule has 0 amide bonds. The summed E-state index contributed by atoms with van der Waals surface area (Å²) in [4.78, 5) is 11.9. The van der Waals surface area contributed by atoms with Gasteiger partial charge < -0.3 is 10.2 Å². The van der Waals surface area contributed by atoms with E-state index in [0.717, 1.165) is 36.1 Å². The van der Waals surface area contributed by atoms with Gasteiger partial charge in [0.25, 0.3) is 0 Å². The summed E-state index contributed by atoms with van der Waals surface area (Å²) < 4.78 is 0. The fourth-order valence-electron chi connectivity index (χ4n) is 2.81. The lowest BCUT2D eigenvalue weighted by Crippen LogP contribution is -2.30. The van der Waals surface area contributed by atoms with Gasteiger partial charge in [-0.3, -0.25) is 0 Å². The van der Waals surface area contributed by atoms with E-state index in [9.17, 15) is 0 Å². The van der Waals surface area contributed by atoms with Crippen LogP contribution in [0.25, 0.3) is 11.4 Å². The highest BCUT2D eigenvalue weighted by Crippen LogP contribution is 2.25.